The van der Waals surface area contributed by atoms with E-state index in [1.54, 1.807) is 6.07 Å². The van der Waals surface area contributed by atoms with Crippen LogP contribution in [0.5, 0.6) is 0 Å². The van der Waals surface area contributed by atoms with Crippen molar-refractivity contribution in [3.8, 4) is 0 Å². The van der Waals surface area contributed by atoms with E-state index in [9.17, 15) is 4.79 Å². The minimum atomic E-state index is -0.114. The molecular formula is C20H21ClIN3O. The van der Waals surface area contributed by atoms with Crippen LogP contribution >= 0.6 is 34.2 Å². The summed E-state index contributed by atoms with van der Waals surface area (Å²) in [6, 6.07) is 11.5. The summed E-state index contributed by atoms with van der Waals surface area (Å²) in [5.74, 6) is -0.114. The van der Waals surface area contributed by atoms with Crippen LogP contribution in [0.1, 0.15) is 24.2 Å². The van der Waals surface area contributed by atoms with Gasteiger partial charge in [0.15, 0.2) is 0 Å². The Kier molecular flexibility index (Phi) is 6.32. The molecule has 26 heavy (non-hydrogen) atoms. The Hall–Kier alpha value is -1.44. The van der Waals surface area contributed by atoms with Crippen LogP contribution < -0.4 is 5.32 Å². The molecular weight excluding hydrogens is 461 g/mol. The highest BCUT2D eigenvalue weighted by Crippen LogP contribution is 2.33. The molecule has 4 nitrogen and oxygen atoms in total. The first-order valence-electron chi connectivity index (χ1n) is 8.73. The molecule has 0 saturated carbocycles. The minimum absolute atomic E-state index is 0.114. The summed E-state index contributed by atoms with van der Waals surface area (Å²) in [5.41, 5.74) is 2.04. The van der Waals surface area contributed by atoms with Crippen LogP contribution in [0, 0.1) is 3.57 Å². The summed E-state index contributed by atoms with van der Waals surface area (Å²) >= 11 is 8.87. The normalized spacial score (nSPS) is 11.4. The van der Waals surface area contributed by atoms with Crippen LogP contribution in [0.3, 0.4) is 0 Å². The fraction of sp³-hybridized carbons (Fsp3) is 0.300. The van der Waals surface area contributed by atoms with Crippen molar-refractivity contribution in [2.75, 3.05) is 26.2 Å². The third kappa shape index (κ3) is 3.80. The van der Waals surface area contributed by atoms with Crippen LogP contribution in [0.15, 0.2) is 36.4 Å². The Morgan fingerprint density at radius 1 is 1.12 bits per heavy atom. The van der Waals surface area contributed by atoms with Gasteiger partial charge in [-0.25, -0.2) is 4.98 Å². The number of carbonyl (C=O) groups is 1. The average Bonchev–Trinajstić information content (AvgIpc) is 2.66. The second-order valence-corrected chi connectivity index (χ2v) is 7.59. The van der Waals surface area contributed by atoms with Crippen molar-refractivity contribution in [2.24, 2.45) is 0 Å². The van der Waals surface area contributed by atoms with Crippen LogP contribution in [0.4, 0.5) is 0 Å². The van der Waals surface area contributed by atoms with Gasteiger partial charge in [-0.1, -0.05) is 49.7 Å². The molecule has 0 aliphatic heterocycles. The molecule has 1 N–H and O–H groups in total. The average molecular weight is 482 g/mol. The lowest BCUT2D eigenvalue weighted by molar-refractivity contribution is 0.0950. The maximum absolute atomic E-state index is 12.7. The minimum Gasteiger partial charge on any atom is -0.351 e. The van der Waals surface area contributed by atoms with Gasteiger partial charge in [-0.05, 0) is 47.8 Å². The number of benzene rings is 2. The van der Waals surface area contributed by atoms with Gasteiger partial charge in [-0.15, -0.1) is 0 Å². The molecule has 0 fully saturated rings. The molecule has 0 aliphatic rings. The van der Waals surface area contributed by atoms with Crippen LogP contribution in [0.2, 0.25) is 5.02 Å². The predicted molar refractivity (Wildman–Crippen MR) is 117 cm³/mol. The number of likely N-dealkylation sites (N-methyl/N-ethyl adjacent to an activating group) is 1. The molecule has 136 valence electrons. The van der Waals surface area contributed by atoms with Crippen molar-refractivity contribution in [2.45, 2.75) is 13.8 Å². The summed E-state index contributed by atoms with van der Waals surface area (Å²) < 4.78 is 1.01. The number of nitrogens with one attached hydrogen (secondary N) is 1. The quantitative estimate of drug-likeness (QED) is 0.409. The number of pyridine rings is 1. The fourth-order valence-electron chi connectivity index (χ4n) is 3.05. The van der Waals surface area contributed by atoms with Gasteiger partial charge >= 0.3 is 0 Å². The van der Waals surface area contributed by atoms with Crippen molar-refractivity contribution in [1.82, 2.24) is 15.2 Å². The van der Waals surface area contributed by atoms with E-state index in [0.717, 1.165) is 39.5 Å². The first-order valence-corrected chi connectivity index (χ1v) is 10.2. The standard InChI is InChI=1S/C20H21ClIN3O/c1-3-25(4-2)12-11-23-20(26)15-9-5-7-13-17(21)14-8-6-10-16(22)19(14)24-18(13)15/h5-10H,3-4,11-12H2,1-2H3,(H,23,26). The topological polar surface area (TPSA) is 45.2 Å². The largest absolute Gasteiger partial charge is 0.351 e. The summed E-state index contributed by atoms with van der Waals surface area (Å²) in [6.07, 6.45) is 0. The maximum Gasteiger partial charge on any atom is 0.253 e. The van der Waals surface area contributed by atoms with Crippen LogP contribution in [0.25, 0.3) is 21.8 Å². The van der Waals surface area contributed by atoms with Gasteiger partial charge in [0.05, 0.1) is 21.6 Å². The van der Waals surface area contributed by atoms with Crippen molar-refractivity contribution >= 4 is 61.9 Å². The first kappa shape index (κ1) is 19.3. The Labute approximate surface area is 172 Å². The Bertz CT molecular complexity index is 957. The zero-order chi connectivity index (χ0) is 18.7. The van der Waals surface area contributed by atoms with Crippen molar-refractivity contribution in [3.63, 3.8) is 0 Å². The van der Waals surface area contributed by atoms with Gasteiger partial charge < -0.3 is 10.2 Å². The van der Waals surface area contributed by atoms with E-state index >= 15 is 0 Å². The number of para-hydroxylation sites is 2. The van der Waals surface area contributed by atoms with Gasteiger partial charge in [0.1, 0.15) is 0 Å². The summed E-state index contributed by atoms with van der Waals surface area (Å²) in [5, 5.41) is 5.36. The molecule has 6 heteroatoms. The SMILES string of the molecule is CCN(CC)CCNC(=O)c1cccc2c(Cl)c3cccc(I)c3nc12. The number of aromatic nitrogens is 1. The molecule has 0 aliphatic carbocycles. The fourth-order valence-corrected chi connectivity index (χ4v) is 3.97. The first-order chi connectivity index (χ1) is 12.6. The van der Waals surface area contributed by atoms with Crippen molar-refractivity contribution in [3.05, 3.63) is 50.6 Å². The van der Waals surface area contributed by atoms with Gasteiger partial charge in [0, 0.05) is 27.4 Å². The number of rotatable bonds is 6. The highest BCUT2D eigenvalue weighted by molar-refractivity contribution is 14.1. The van der Waals surface area contributed by atoms with E-state index < -0.39 is 0 Å². The molecule has 2 aromatic carbocycles. The molecule has 0 unspecified atom stereocenters. The highest BCUT2D eigenvalue weighted by Gasteiger charge is 2.16. The van der Waals surface area contributed by atoms with Gasteiger partial charge in [0.25, 0.3) is 5.91 Å². The summed E-state index contributed by atoms with van der Waals surface area (Å²) in [7, 11) is 0. The molecule has 0 bridgehead atoms. The van der Waals surface area contributed by atoms with Crippen LogP contribution in [-0.4, -0.2) is 42.0 Å². The Balaban J connectivity index is 1.97. The molecule has 1 amide bonds. The molecule has 0 saturated heterocycles. The Morgan fingerprint density at radius 3 is 2.46 bits per heavy atom. The monoisotopic (exact) mass is 481 g/mol. The lowest BCUT2D eigenvalue weighted by Gasteiger charge is -2.18. The van der Waals surface area contributed by atoms with E-state index in [4.69, 9.17) is 16.6 Å². The van der Waals surface area contributed by atoms with E-state index in [1.807, 2.05) is 30.3 Å². The number of halogens is 2. The number of amides is 1. The third-order valence-electron chi connectivity index (χ3n) is 4.57. The zero-order valence-corrected chi connectivity index (χ0v) is 17.8. The molecule has 3 aromatic rings. The van der Waals surface area contributed by atoms with E-state index in [-0.39, 0.29) is 5.91 Å². The summed E-state index contributed by atoms with van der Waals surface area (Å²) in [6.45, 7) is 7.63. The third-order valence-corrected chi connectivity index (χ3v) is 5.85. The molecule has 0 atom stereocenters. The number of carbonyl (C=O) groups excluding carboxylic acids is 1. The number of hydrogen-bond donors (Lipinski definition) is 1. The van der Waals surface area contributed by atoms with E-state index in [1.165, 1.54) is 0 Å². The lowest BCUT2D eigenvalue weighted by Crippen LogP contribution is -2.34. The predicted octanol–water partition coefficient (Wildman–Crippen LogP) is 4.72. The van der Waals surface area contributed by atoms with Crippen molar-refractivity contribution in [1.29, 1.82) is 0 Å². The molecule has 1 heterocycles. The van der Waals surface area contributed by atoms with E-state index in [2.05, 4.69) is 46.7 Å². The molecule has 1 aromatic heterocycles. The second kappa shape index (κ2) is 8.50. The van der Waals surface area contributed by atoms with Gasteiger partial charge in [-0.3, -0.25) is 4.79 Å². The van der Waals surface area contributed by atoms with Crippen molar-refractivity contribution < 1.29 is 4.79 Å². The number of hydrogen-bond acceptors (Lipinski definition) is 3. The summed E-state index contributed by atoms with van der Waals surface area (Å²) in [4.78, 5) is 19.8. The lowest BCUT2D eigenvalue weighted by atomic mass is 10.1. The number of fused-ring (bicyclic) bond motifs is 2. The highest BCUT2D eigenvalue weighted by atomic mass is 127. The van der Waals surface area contributed by atoms with Gasteiger partial charge in [-0.2, -0.15) is 0 Å². The number of nitrogens with zero attached hydrogens (tertiary/aromatic N) is 2. The van der Waals surface area contributed by atoms with Gasteiger partial charge in [0.2, 0.25) is 0 Å². The van der Waals surface area contributed by atoms with E-state index in [0.29, 0.717) is 22.6 Å². The smallest absolute Gasteiger partial charge is 0.253 e. The molecule has 0 radical (unpaired) electrons. The zero-order valence-electron chi connectivity index (χ0n) is 14.9. The second-order valence-electron chi connectivity index (χ2n) is 6.05. The maximum atomic E-state index is 12.7. The molecule has 0 spiro atoms. The van der Waals surface area contributed by atoms with Crippen LogP contribution in [-0.2, 0) is 0 Å². The Morgan fingerprint density at radius 2 is 1.77 bits per heavy atom. The molecule has 3 rings (SSSR count).